The highest BCUT2D eigenvalue weighted by atomic mass is 32.2. The second-order valence-electron chi connectivity index (χ2n) is 5.82. The standard InChI is InChI=1S/C19H17N3O4S2/c23-16(20-21-17(24)13-6-2-1-3-7-13)9-4-10-22-18(25)15(28-19(22)27)12-14-8-5-11-26-14/h1-3,5-8,11-12H,4,9-10H2,(H,20,23)(H,21,24). The highest BCUT2D eigenvalue weighted by molar-refractivity contribution is 8.26. The lowest BCUT2D eigenvalue weighted by molar-refractivity contribution is -0.124. The van der Waals surface area contributed by atoms with Crippen LogP contribution in [0.4, 0.5) is 0 Å². The van der Waals surface area contributed by atoms with Crippen LogP contribution in [0.2, 0.25) is 0 Å². The molecule has 1 aromatic heterocycles. The molecule has 1 aliphatic heterocycles. The molecule has 2 aromatic rings. The van der Waals surface area contributed by atoms with Crippen molar-refractivity contribution < 1.29 is 18.8 Å². The Balaban J connectivity index is 1.43. The van der Waals surface area contributed by atoms with E-state index in [1.54, 1.807) is 48.5 Å². The number of rotatable bonds is 6. The van der Waals surface area contributed by atoms with Crippen LogP contribution in [0.3, 0.4) is 0 Å². The van der Waals surface area contributed by atoms with E-state index >= 15 is 0 Å². The van der Waals surface area contributed by atoms with E-state index in [0.29, 0.717) is 33.5 Å². The van der Waals surface area contributed by atoms with Crippen molar-refractivity contribution in [3.8, 4) is 0 Å². The molecule has 0 unspecified atom stereocenters. The maximum absolute atomic E-state index is 12.4. The number of nitrogens with zero attached hydrogens (tertiary/aromatic N) is 1. The molecule has 2 N–H and O–H groups in total. The second kappa shape index (κ2) is 9.34. The highest BCUT2D eigenvalue weighted by Crippen LogP contribution is 2.32. The molecule has 0 bridgehead atoms. The zero-order valence-electron chi connectivity index (χ0n) is 14.7. The van der Waals surface area contributed by atoms with E-state index in [9.17, 15) is 14.4 Å². The van der Waals surface area contributed by atoms with Crippen LogP contribution >= 0.6 is 24.0 Å². The van der Waals surface area contributed by atoms with Crippen molar-refractivity contribution in [2.75, 3.05) is 6.54 Å². The third-order valence-corrected chi connectivity index (χ3v) is 5.20. The van der Waals surface area contributed by atoms with E-state index in [1.165, 1.54) is 22.9 Å². The van der Waals surface area contributed by atoms with Gasteiger partial charge in [0.2, 0.25) is 5.91 Å². The molecule has 3 amide bonds. The molecule has 3 rings (SSSR count). The lowest BCUT2D eigenvalue weighted by atomic mass is 10.2. The van der Waals surface area contributed by atoms with Crippen molar-refractivity contribution in [1.82, 2.24) is 15.8 Å². The molecule has 1 aromatic carbocycles. The largest absolute Gasteiger partial charge is 0.465 e. The fourth-order valence-electron chi connectivity index (χ4n) is 2.44. The van der Waals surface area contributed by atoms with Gasteiger partial charge in [-0.2, -0.15) is 0 Å². The monoisotopic (exact) mass is 415 g/mol. The molecule has 144 valence electrons. The lowest BCUT2D eigenvalue weighted by Gasteiger charge is -2.14. The third kappa shape index (κ3) is 5.08. The van der Waals surface area contributed by atoms with Crippen molar-refractivity contribution >= 4 is 52.1 Å². The molecule has 0 radical (unpaired) electrons. The molecule has 9 heteroatoms. The SMILES string of the molecule is O=C(CCCN1C(=O)C(=Cc2ccco2)SC1=S)NNC(=O)c1ccccc1. The molecule has 7 nitrogen and oxygen atoms in total. The van der Waals surface area contributed by atoms with Gasteiger partial charge in [0.25, 0.3) is 11.8 Å². The molecule has 1 fully saturated rings. The zero-order chi connectivity index (χ0) is 19.9. The maximum atomic E-state index is 12.4. The van der Waals surface area contributed by atoms with Gasteiger partial charge in [-0.25, -0.2) is 0 Å². The smallest absolute Gasteiger partial charge is 0.269 e. The summed E-state index contributed by atoms with van der Waals surface area (Å²) in [5.41, 5.74) is 5.17. The number of carbonyl (C=O) groups excluding carboxylic acids is 3. The quantitative estimate of drug-likeness (QED) is 0.428. The minimum atomic E-state index is -0.394. The Morgan fingerprint density at radius 2 is 1.93 bits per heavy atom. The van der Waals surface area contributed by atoms with Gasteiger partial charge in [-0.1, -0.05) is 42.2 Å². The van der Waals surface area contributed by atoms with Crippen LogP contribution in [0, 0.1) is 0 Å². The van der Waals surface area contributed by atoms with E-state index in [4.69, 9.17) is 16.6 Å². The molecule has 0 spiro atoms. The number of benzene rings is 1. The molecule has 2 heterocycles. The lowest BCUT2D eigenvalue weighted by Crippen LogP contribution is -2.41. The molecule has 0 aliphatic carbocycles. The van der Waals surface area contributed by atoms with Crippen LogP contribution in [0.15, 0.2) is 58.1 Å². The second-order valence-corrected chi connectivity index (χ2v) is 7.50. The highest BCUT2D eigenvalue weighted by Gasteiger charge is 2.31. The molecule has 0 saturated carbocycles. The van der Waals surface area contributed by atoms with Gasteiger partial charge < -0.3 is 4.42 Å². The normalized spacial score (nSPS) is 15.1. The summed E-state index contributed by atoms with van der Waals surface area (Å²) in [6.07, 6.45) is 3.73. The number of amides is 3. The van der Waals surface area contributed by atoms with Gasteiger partial charge >= 0.3 is 0 Å². The van der Waals surface area contributed by atoms with Crippen molar-refractivity contribution in [2.24, 2.45) is 0 Å². The third-order valence-electron chi connectivity index (χ3n) is 3.83. The number of hydrogen-bond donors (Lipinski definition) is 2. The molecule has 0 atom stereocenters. The Morgan fingerprint density at radius 1 is 1.14 bits per heavy atom. The number of hydrazine groups is 1. The maximum Gasteiger partial charge on any atom is 0.269 e. The van der Waals surface area contributed by atoms with E-state index in [2.05, 4.69) is 10.9 Å². The van der Waals surface area contributed by atoms with Gasteiger partial charge in [-0.05, 0) is 30.7 Å². The summed E-state index contributed by atoms with van der Waals surface area (Å²) in [5, 5.41) is 0. The minimum Gasteiger partial charge on any atom is -0.465 e. The Kier molecular flexibility index (Phi) is 6.62. The van der Waals surface area contributed by atoms with Crippen molar-refractivity contribution in [2.45, 2.75) is 12.8 Å². The molecular weight excluding hydrogens is 398 g/mol. The van der Waals surface area contributed by atoms with Crippen LogP contribution in [0.1, 0.15) is 29.0 Å². The number of furan rings is 1. The first kappa shape index (κ1) is 19.8. The first-order valence-electron chi connectivity index (χ1n) is 8.47. The summed E-state index contributed by atoms with van der Waals surface area (Å²) >= 11 is 6.45. The van der Waals surface area contributed by atoms with Crippen LogP contribution < -0.4 is 10.9 Å². The number of thioether (sulfide) groups is 1. The summed E-state index contributed by atoms with van der Waals surface area (Å²) in [4.78, 5) is 38.2. The molecular formula is C19H17N3O4S2. The fourth-order valence-corrected chi connectivity index (χ4v) is 3.73. The van der Waals surface area contributed by atoms with E-state index in [1.807, 2.05) is 0 Å². The number of thiocarbonyl (C=S) groups is 1. The van der Waals surface area contributed by atoms with Crippen LogP contribution in [0.25, 0.3) is 6.08 Å². The topological polar surface area (TPSA) is 91.7 Å². The summed E-state index contributed by atoms with van der Waals surface area (Å²) < 4.78 is 5.66. The first-order valence-corrected chi connectivity index (χ1v) is 9.70. The van der Waals surface area contributed by atoms with Gasteiger partial charge in [-0.15, -0.1) is 0 Å². The number of hydrogen-bond acceptors (Lipinski definition) is 6. The van der Waals surface area contributed by atoms with Crippen LogP contribution in [-0.4, -0.2) is 33.5 Å². The average Bonchev–Trinajstić information content (AvgIpc) is 3.30. The van der Waals surface area contributed by atoms with Crippen molar-refractivity contribution in [3.63, 3.8) is 0 Å². The van der Waals surface area contributed by atoms with Crippen molar-refractivity contribution in [1.29, 1.82) is 0 Å². The van der Waals surface area contributed by atoms with Gasteiger partial charge in [0, 0.05) is 24.6 Å². The number of nitrogens with one attached hydrogen (secondary N) is 2. The van der Waals surface area contributed by atoms with Gasteiger partial charge in [-0.3, -0.25) is 30.1 Å². The van der Waals surface area contributed by atoms with Gasteiger partial charge in [0.1, 0.15) is 10.1 Å². The van der Waals surface area contributed by atoms with Gasteiger partial charge in [0.05, 0.1) is 11.2 Å². The predicted molar refractivity (Wildman–Crippen MR) is 110 cm³/mol. The van der Waals surface area contributed by atoms with Crippen LogP contribution in [-0.2, 0) is 9.59 Å². The van der Waals surface area contributed by atoms with E-state index in [0.717, 1.165) is 0 Å². The Hall–Kier alpha value is -2.91. The Bertz CT molecular complexity index is 911. The first-order chi connectivity index (χ1) is 13.5. The summed E-state index contributed by atoms with van der Waals surface area (Å²) in [6, 6.07) is 12.0. The predicted octanol–water partition coefficient (Wildman–Crippen LogP) is 2.72. The Morgan fingerprint density at radius 3 is 2.64 bits per heavy atom. The van der Waals surface area contributed by atoms with Gasteiger partial charge in [0.15, 0.2) is 0 Å². The summed E-state index contributed by atoms with van der Waals surface area (Å²) in [7, 11) is 0. The number of carbonyl (C=O) groups is 3. The zero-order valence-corrected chi connectivity index (χ0v) is 16.3. The minimum absolute atomic E-state index is 0.142. The fraction of sp³-hybridized carbons (Fsp3) is 0.158. The molecule has 28 heavy (non-hydrogen) atoms. The van der Waals surface area contributed by atoms with E-state index < -0.39 is 5.91 Å². The van der Waals surface area contributed by atoms with Crippen LogP contribution in [0.5, 0.6) is 0 Å². The summed E-state index contributed by atoms with van der Waals surface area (Å²) in [5.74, 6) is -0.368. The average molecular weight is 415 g/mol. The van der Waals surface area contributed by atoms with E-state index in [-0.39, 0.29) is 18.2 Å². The van der Waals surface area contributed by atoms with Crippen molar-refractivity contribution in [3.05, 3.63) is 65.0 Å². The molecule has 1 aliphatic rings. The molecule has 1 saturated heterocycles. The summed E-state index contributed by atoms with van der Waals surface area (Å²) in [6.45, 7) is 0.320. The Labute approximate surface area is 171 Å².